The van der Waals surface area contributed by atoms with Crippen LogP contribution < -0.4 is 0 Å². The summed E-state index contributed by atoms with van der Waals surface area (Å²) < 4.78 is 4.95. The van der Waals surface area contributed by atoms with Crippen molar-refractivity contribution in [2.45, 2.75) is 38.6 Å². The summed E-state index contributed by atoms with van der Waals surface area (Å²) in [6.07, 6.45) is 2.53. The smallest absolute Gasteiger partial charge is 0.309 e. The van der Waals surface area contributed by atoms with Gasteiger partial charge in [-0.2, -0.15) is 0 Å². The average Bonchev–Trinajstić information content (AvgIpc) is 2.01. The number of hydrogen-bond donors (Lipinski definition) is 0. The first-order valence-electron chi connectivity index (χ1n) is 4.95. The minimum absolute atomic E-state index is 0.234. The Bertz CT molecular complexity index is 223. The van der Waals surface area contributed by atoms with E-state index in [2.05, 4.69) is 0 Å². The van der Waals surface area contributed by atoms with E-state index in [-0.39, 0.29) is 16.8 Å². The van der Waals surface area contributed by atoms with Crippen molar-refractivity contribution in [3.8, 4) is 0 Å². The number of nitro groups is 1. The van der Waals surface area contributed by atoms with Crippen LogP contribution >= 0.6 is 0 Å². The number of carbonyl (C=O) groups is 1. The molecule has 0 saturated heterocycles. The molecule has 1 fully saturated rings. The lowest BCUT2D eigenvalue weighted by Gasteiger charge is -2.26. The Kier molecular flexibility index (Phi) is 3.85. The molecular formula is C9H15NO4. The molecule has 0 unspecified atom stereocenters. The maximum atomic E-state index is 11.2. The van der Waals surface area contributed by atoms with Gasteiger partial charge >= 0.3 is 5.97 Å². The summed E-state index contributed by atoms with van der Waals surface area (Å²) >= 11 is 0. The minimum Gasteiger partial charge on any atom is -0.465 e. The van der Waals surface area contributed by atoms with Crippen LogP contribution in [0.4, 0.5) is 0 Å². The molecule has 0 radical (unpaired) electrons. The number of unbranched alkanes of at least 4 members (excludes halogenated alkanes) is 1. The monoisotopic (exact) mass is 201 g/mol. The van der Waals surface area contributed by atoms with E-state index < -0.39 is 6.04 Å². The Balaban J connectivity index is 2.13. The Labute approximate surface area is 82.6 Å². The first kappa shape index (κ1) is 10.9. The minimum atomic E-state index is -0.529. The van der Waals surface area contributed by atoms with Crippen molar-refractivity contribution >= 4 is 5.97 Å². The first-order valence-corrected chi connectivity index (χ1v) is 4.95. The third-order valence-corrected chi connectivity index (χ3v) is 2.49. The maximum Gasteiger partial charge on any atom is 0.309 e. The Hall–Kier alpha value is -1.13. The van der Waals surface area contributed by atoms with Gasteiger partial charge in [-0.3, -0.25) is 14.9 Å². The van der Waals surface area contributed by atoms with Crippen molar-refractivity contribution in [2.75, 3.05) is 6.61 Å². The molecule has 0 spiro atoms. The van der Waals surface area contributed by atoms with Gasteiger partial charge in [0.2, 0.25) is 6.04 Å². The Morgan fingerprint density at radius 3 is 2.71 bits per heavy atom. The number of nitrogens with zero attached hydrogens (tertiary/aromatic N) is 1. The normalized spacial score (nSPS) is 25.2. The third kappa shape index (κ3) is 2.68. The molecule has 0 aromatic carbocycles. The average molecular weight is 201 g/mol. The van der Waals surface area contributed by atoms with Crippen LogP contribution in [-0.2, 0) is 9.53 Å². The highest BCUT2D eigenvalue weighted by Crippen LogP contribution is 2.30. The maximum absolute atomic E-state index is 11.2. The summed E-state index contributed by atoms with van der Waals surface area (Å²) in [5.74, 6) is -0.501. The zero-order valence-corrected chi connectivity index (χ0v) is 8.27. The number of rotatable bonds is 5. The van der Waals surface area contributed by atoms with Crippen LogP contribution in [0.2, 0.25) is 0 Å². The van der Waals surface area contributed by atoms with Gasteiger partial charge < -0.3 is 4.74 Å². The lowest BCUT2D eigenvalue weighted by Crippen LogP contribution is -2.40. The van der Waals surface area contributed by atoms with Crippen molar-refractivity contribution in [2.24, 2.45) is 5.92 Å². The molecular weight excluding hydrogens is 186 g/mol. The molecule has 1 saturated carbocycles. The van der Waals surface area contributed by atoms with Gasteiger partial charge in [0.15, 0.2) is 0 Å². The fourth-order valence-corrected chi connectivity index (χ4v) is 1.39. The van der Waals surface area contributed by atoms with Crippen molar-refractivity contribution in [3.05, 3.63) is 10.1 Å². The number of ether oxygens (including phenoxy) is 1. The molecule has 80 valence electrons. The van der Waals surface area contributed by atoms with E-state index >= 15 is 0 Å². The molecule has 5 heteroatoms. The van der Waals surface area contributed by atoms with Crippen molar-refractivity contribution in [1.82, 2.24) is 0 Å². The predicted octanol–water partition coefficient (Wildman–Crippen LogP) is 1.39. The molecule has 0 N–H and O–H groups in total. The Morgan fingerprint density at radius 2 is 2.21 bits per heavy atom. The predicted molar refractivity (Wildman–Crippen MR) is 49.4 cm³/mol. The first-order chi connectivity index (χ1) is 6.65. The second-order valence-corrected chi connectivity index (χ2v) is 3.63. The molecule has 0 atom stereocenters. The largest absolute Gasteiger partial charge is 0.465 e. The van der Waals surface area contributed by atoms with E-state index in [1.807, 2.05) is 6.92 Å². The summed E-state index contributed by atoms with van der Waals surface area (Å²) in [5.41, 5.74) is 0. The zero-order valence-electron chi connectivity index (χ0n) is 8.27. The van der Waals surface area contributed by atoms with Crippen LogP contribution in [0.3, 0.4) is 0 Å². The molecule has 0 amide bonds. The van der Waals surface area contributed by atoms with E-state index in [9.17, 15) is 14.9 Å². The van der Waals surface area contributed by atoms with Crippen LogP contribution in [0, 0.1) is 16.0 Å². The van der Waals surface area contributed by atoms with Crippen LogP contribution in [0.15, 0.2) is 0 Å². The van der Waals surface area contributed by atoms with Crippen LogP contribution in [0.1, 0.15) is 32.6 Å². The van der Waals surface area contributed by atoms with Crippen molar-refractivity contribution in [3.63, 3.8) is 0 Å². The van der Waals surface area contributed by atoms with E-state index in [1.54, 1.807) is 0 Å². The molecule has 1 rings (SSSR count). The molecule has 1 aliphatic rings. The van der Waals surface area contributed by atoms with Gasteiger partial charge in [-0.25, -0.2) is 0 Å². The summed E-state index contributed by atoms with van der Waals surface area (Å²) in [4.78, 5) is 21.2. The second kappa shape index (κ2) is 4.93. The van der Waals surface area contributed by atoms with Crippen LogP contribution in [0.5, 0.6) is 0 Å². The summed E-state index contributed by atoms with van der Waals surface area (Å²) in [5, 5.41) is 10.3. The van der Waals surface area contributed by atoms with Gasteiger partial charge in [0.25, 0.3) is 0 Å². The van der Waals surface area contributed by atoms with Crippen LogP contribution in [0.25, 0.3) is 0 Å². The van der Waals surface area contributed by atoms with Gasteiger partial charge in [-0.1, -0.05) is 13.3 Å². The molecule has 14 heavy (non-hydrogen) atoms. The van der Waals surface area contributed by atoms with Gasteiger partial charge in [0.05, 0.1) is 12.5 Å². The standard InChI is InChI=1S/C9H15NO4/c1-2-3-4-14-9(11)7-5-8(6-7)10(12)13/h7-8H,2-6H2,1H3. The highest BCUT2D eigenvalue weighted by atomic mass is 16.6. The summed E-state index contributed by atoms with van der Waals surface area (Å²) in [6.45, 7) is 2.45. The highest BCUT2D eigenvalue weighted by molar-refractivity contribution is 5.73. The van der Waals surface area contributed by atoms with Gasteiger partial charge in [0, 0.05) is 17.8 Å². The van der Waals surface area contributed by atoms with E-state index in [4.69, 9.17) is 4.74 Å². The van der Waals surface area contributed by atoms with Crippen molar-refractivity contribution < 1.29 is 14.5 Å². The number of hydrogen-bond acceptors (Lipinski definition) is 4. The number of carbonyl (C=O) groups excluding carboxylic acids is 1. The molecule has 0 aliphatic heterocycles. The molecule has 0 heterocycles. The SMILES string of the molecule is CCCCOC(=O)C1CC([N+](=O)[O-])C1. The molecule has 5 nitrogen and oxygen atoms in total. The Morgan fingerprint density at radius 1 is 1.57 bits per heavy atom. The molecule has 0 bridgehead atoms. The van der Waals surface area contributed by atoms with Gasteiger partial charge in [0.1, 0.15) is 0 Å². The zero-order chi connectivity index (χ0) is 10.6. The molecule has 1 aliphatic carbocycles. The lowest BCUT2D eigenvalue weighted by atomic mass is 9.81. The fraction of sp³-hybridized carbons (Fsp3) is 0.889. The number of esters is 1. The second-order valence-electron chi connectivity index (χ2n) is 3.63. The van der Waals surface area contributed by atoms with E-state index in [0.717, 1.165) is 12.8 Å². The molecule has 0 aromatic rings. The fourth-order valence-electron chi connectivity index (χ4n) is 1.39. The van der Waals surface area contributed by atoms with Gasteiger partial charge in [-0.05, 0) is 6.42 Å². The lowest BCUT2D eigenvalue weighted by molar-refractivity contribution is -0.539. The van der Waals surface area contributed by atoms with Crippen LogP contribution in [-0.4, -0.2) is 23.5 Å². The summed E-state index contributed by atoms with van der Waals surface area (Å²) in [6, 6.07) is -0.529. The quantitative estimate of drug-likeness (QED) is 0.291. The van der Waals surface area contributed by atoms with E-state index in [0.29, 0.717) is 19.4 Å². The van der Waals surface area contributed by atoms with Crippen molar-refractivity contribution in [1.29, 1.82) is 0 Å². The third-order valence-electron chi connectivity index (χ3n) is 2.49. The molecule has 0 aromatic heterocycles. The summed E-state index contributed by atoms with van der Waals surface area (Å²) in [7, 11) is 0. The topological polar surface area (TPSA) is 69.4 Å². The highest BCUT2D eigenvalue weighted by Gasteiger charge is 2.43. The van der Waals surface area contributed by atoms with E-state index in [1.165, 1.54) is 0 Å². The van der Waals surface area contributed by atoms with Gasteiger partial charge in [-0.15, -0.1) is 0 Å².